The standard InChI is InChI=1S/C77H132O16P2/c1-4-7-10-13-16-19-22-25-27-29-30-31-32-33-34-35-36-37-38-39-40-42-44-46-48-51-54-57-60-63-75(80)87-66-72(78)67-89-94(83,84)90-68-73(79)69-91-95(85,86)92-71-74(93-77(82)65-62-59-56-53-50-45-24-21-18-15-12-9-6-3)70-88-76(81)64-61-58-55-52-49-47-43-41-28-26-23-20-17-14-11-8-5-2/h7-8,10-11,16-17,19-21,24-28,30-31,33-34,36-37,72-74,78-79H,4-6,9,12-15,18,22-23,29,32,35,38-71H2,1-3H3,(H,83,84)(H,85,86)/b10-7-,11-8-,19-16-,20-17-,24-21-,27-25-,28-26-,31-30-,34-33-,37-36-. The van der Waals surface area contributed by atoms with Gasteiger partial charge in [-0.15, -0.1) is 0 Å². The van der Waals surface area contributed by atoms with Gasteiger partial charge in [-0.05, 0) is 128 Å². The summed E-state index contributed by atoms with van der Waals surface area (Å²) >= 11 is 0. The third-order valence-corrected chi connectivity index (χ3v) is 17.1. The van der Waals surface area contributed by atoms with Gasteiger partial charge in [-0.25, -0.2) is 9.13 Å². The number of hydrogen-bond donors (Lipinski definition) is 4. The molecule has 0 amide bonds. The zero-order chi connectivity index (χ0) is 69.5. The largest absolute Gasteiger partial charge is 0.472 e. The van der Waals surface area contributed by atoms with E-state index in [4.69, 9.17) is 32.3 Å². The van der Waals surface area contributed by atoms with Gasteiger partial charge in [-0.3, -0.25) is 32.5 Å². The monoisotopic (exact) mass is 1370 g/mol. The molecule has 546 valence electrons. The van der Waals surface area contributed by atoms with Crippen LogP contribution >= 0.6 is 15.6 Å². The van der Waals surface area contributed by atoms with Gasteiger partial charge >= 0.3 is 33.6 Å². The number of carbonyl (C=O) groups excluding carboxylic acids is 3. The van der Waals surface area contributed by atoms with E-state index in [0.717, 1.165) is 173 Å². The molecule has 0 radical (unpaired) electrons. The first kappa shape index (κ1) is 91.0. The van der Waals surface area contributed by atoms with Crippen molar-refractivity contribution >= 4 is 33.6 Å². The van der Waals surface area contributed by atoms with Crippen molar-refractivity contribution < 1.29 is 75.8 Å². The zero-order valence-corrected chi connectivity index (χ0v) is 61.1. The number of unbranched alkanes of at least 4 members (excludes halogenated alkanes) is 26. The summed E-state index contributed by atoms with van der Waals surface area (Å²) in [5.74, 6) is -1.60. The maximum absolute atomic E-state index is 12.9. The van der Waals surface area contributed by atoms with Crippen LogP contribution in [0.3, 0.4) is 0 Å². The number of carbonyl (C=O) groups is 3. The lowest BCUT2D eigenvalue weighted by Crippen LogP contribution is -2.30. The van der Waals surface area contributed by atoms with Gasteiger partial charge in [-0.1, -0.05) is 264 Å². The van der Waals surface area contributed by atoms with E-state index in [9.17, 15) is 43.5 Å². The fourth-order valence-electron chi connectivity index (χ4n) is 9.58. The van der Waals surface area contributed by atoms with Crippen LogP contribution in [0.5, 0.6) is 0 Å². The highest BCUT2D eigenvalue weighted by atomic mass is 31.2. The summed E-state index contributed by atoms with van der Waals surface area (Å²) in [4.78, 5) is 58.4. The van der Waals surface area contributed by atoms with Crippen LogP contribution in [0.1, 0.15) is 290 Å². The van der Waals surface area contributed by atoms with Gasteiger partial charge in [-0.2, -0.15) is 0 Å². The lowest BCUT2D eigenvalue weighted by atomic mass is 10.1. The topological polar surface area (TPSA) is 231 Å². The van der Waals surface area contributed by atoms with E-state index in [1.54, 1.807) is 0 Å². The molecular formula is C77H132O16P2. The van der Waals surface area contributed by atoms with Crippen LogP contribution in [0, 0.1) is 0 Å². The lowest BCUT2D eigenvalue weighted by molar-refractivity contribution is -0.161. The van der Waals surface area contributed by atoms with Crippen molar-refractivity contribution in [2.45, 2.75) is 309 Å². The quantitative estimate of drug-likeness (QED) is 0.0146. The van der Waals surface area contributed by atoms with Gasteiger partial charge in [0, 0.05) is 19.3 Å². The Morgan fingerprint density at radius 2 is 0.558 bits per heavy atom. The fourth-order valence-corrected chi connectivity index (χ4v) is 11.2. The van der Waals surface area contributed by atoms with Crippen molar-refractivity contribution in [2.75, 3.05) is 39.6 Å². The summed E-state index contributed by atoms with van der Waals surface area (Å²) in [6.07, 6.45) is 81.1. The first-order valence-corrected chi connectivity index (χ1v) is 39.8. The van der Waals surface area contributed by atoms with Gasteiger partial charge in [0.1, 0.15) is 25.4 Å². The van der Waals surface area contributed by atoms with E-state index in [1.165, 1.54) is 57.8 Å². The molecule has 0 saturated heterocycles. The van der Waals surface area contributed by atoms with Crippen molar-refractivity contribution in [3.63, 3.8) is 0 Å². The smallest absolute Gasteiger partial charge is 0.463 e. The Morgan fingerprint density at radius 3 is 0.895 bits per heavy atom. The van der Waals surface area contributed by atoms with Crippen LogP contribution in [-0.4, -0.2) is 95.9 Å². The number of ether oxygens (including phenoxy) is 3. The minimum absolute atomic E-state index is 0.0912. The molecule has 4 N–H and O–H groups in total. The van der Waals surface area contributed by atoms with Crippen LogP contribution in [-0.2, 0) is 55.8 Å². The summed E-state index contributed by atoms with van der Waals surface area (Å²) < 4.78 is 61.0. The van der Waals surface area contributed by atoms with Crippen LogP contribution in [0.15, 0.2) is 122 Å². The maximum Gasteiger partial charge on any atom is 0.472 e. The van der Waals surface area contributed by atoms with Crippen LogP contribution in [0.25, 0.3) is 0 Å². The molecule has 0 rings (SSSR count). The Bertz CT molecular complexity index is 2210. The Balaban J connectivity index is 4.49. The average Bonchev–Trinajstić information content (AvgIpc) is 3.76. The molecule has 0 bridgehead atoms. The van der Waals surface area contributed by atoms with Crippen molar-refractivity contribution in [1.82, 2.24) is 0 Å². The number of allylic oxidation sites excluding steroid dienone is 20. The van der Waals surface area contributed by atoms with E-state index in [-0.39, 0.29) is 19.3 Å². The van der Waals surface area contributed by atoms with Crippen molar-refractivity contribution in [3.8, 4) is 0 Å². The Hall–Kier alpha value is -4.05. The first-order chi connectivity index (χ1) is 46.2. The minimum atomic E-state index is -4.93. The molecule has 0 aliphatic rings. The molecule has 18 heteroatoms. The number of aliphatic hydroxyl groups excluding tert-OH is 2. The third-order valence-electron chi connectivity index (χ3n) is 15.2. The van der Waals surface area contributed by atoms with E-state index in [0.29, 0.717) is 19.3 Å². The molecule has 0 fully saturated rings. The van der Waals surface area contributed by atoms with E-state index >= 15 is 0 Å². The number of esters is 3. The summed E-state index contributed by atoms with van der Waals surface area (Å²) in [6.45, 7) is 2.41. The molecule has 16 nitrogen and oxygen atoms in total. The molecule has 0 spiro atoms. The summed E-state index contributed by atoms with van der Waals surface area (Å²) in [7, 11) is -9.78. The highest BCUT2D eigenvalue weighted by Gasteiger charge is 2.29. The molecular weight excluding hydrogens is 1240 g/mol. The first-order valence-electron chi connectivity index (χ1n) is 36.8. The number of phosphoric acid groups is 2. The molecule has 0 aliphatic carbocycles. The van der Waals surface area contributed by atoms with Crippen molar-refractivity contribution in [1.29, 1.82) is 0 Å². The normalized spacial score (nSPS) is 14.8. The second-order valence-electron chi connectivity index (χ2n) is 24.3. The van der Waals surface area contributed by atoms with Crippen molar-refractivity contribution in [2.24, 2.45) is 0 Å². The molecule has 5 atom stereocenters. The van der Waals surface area contributed by atoms with E-state index in [2.05, 4.69) is 142 Å². The number of phosphoric ester groups is 2. The Labute approximate surface area is 576 Å². The highest BCUT2D eigenvalue weighted by Crippen LogP contribution is 2.45. The van der Waals surface area contributed by atoms with Gasteiger partial charge < -0.3 is 34.2 Å². The molecule has 95 heavy (non-hydrogen) atoms. The Kier molecular flexibility index (Phi) is 66.9. The van der Waals surface area contributed by atoms with Gasteiger partial charge in [0.05, 0.1) is 26.4 Å². The molecule has 5 unspecified atom stereocenters. The number of rotatable bonds is 69. The summed E-state index contributed by atoms with van der Waals surface area (Å²) in [5, 5.41) is 20.6. The van der Waals surface area contributed by atoms with Crippen LogP contribution in [0.4, 0.5) is 0 Å². The molecule has 0 aromatic heterocycles. The van der Waals surface area contributed by atoms with E-state index in [1.807, 2.05) is 0 Å². The number of aliphatic hydroxyl groups is 2. The van der Waals surface area contributed by atoms with Crippen LogP contribution in [0.2, 0.25) is 0 Å². The van der Waals surface area contributed by atoms with E-state index < -0.39 is 91.5 Å². The third kappa shape index (κ3) is 71.1. The molecule has 0 heterocycles. The SMILES string of the molecule is CC/C=C\C/C=C\C/C=C\C/C=C\C/C=C\C/C=C\CCCCCCCCCCCCC(=O)OCC(O)COP(=O)(O)OCC(O)COP(=O)(O)OCC(COC(=O)CCCCCCCCC/C=C\C/C=C\C/C=C\CC)OC(=O)CCCCCCC/C=C\CCCCCC. The van der Waals surface area contributed by atoms with Crippen LogP contribution < -0.4 is 0 Å². The predicted molar refractivity (Wildman–Crippen MR) is 390 cm³/mol. The maximum atomic E-state index is 12.9. The fraction of sp³-hybridized carbons (Fsp3) is 0.701. The summed E-state index contributed by atoms with van der Waals surface area (Å²) in [5.41, 5.74) is 0. The van der Waals surface area contributed by atoms with Gasteiger partial charge in [0.25, 0.3) is 0 Å². The predicted octanol–water partition coefficient (Wildman–Crippen LogP) is 21.0. The molecule has 0 aromatic rings. The Morgan fingerprint density at radius 1 is 0.305 bits per heavy atom. The molecule has 0 aliphatic heterocycles. The van der Waals surface area contributed by atoms with Gasteiger partial charge in [0.2, 0.25) is 0 Å². The molecule has 0 saturated carbocycles. The lowest BCUT2D eigenvalue weighted by Gasteiger charge is -2.21. The highest BCUT2D eigenvalue weighted by molar-refractivity contribution is 7.47. The number of hydrogen-bond acceptors (Lipinski definition) is 14. The van der Waals surface area contributed by atoms with Gasteiger partial charge in [0.15, 0.2) is 6.10 Å². The second kappa shape index (κ2) is 69.8. The average molecular weight is 1380 g/mol. The van der Waals surface area contributed by atoms with Crippen molar-refractivity contribution in [3.05, 3.63) is 122 Å². The molecule has 0 aromatic carbocycles. The zero-order valence-electron chi connectivity index (χ0n) is 59.3. The summed E-state index contributed by atoms with van der Waals surface area (Å²) in [6, 6.07) is 0. The minimum Gasteiger partial charge on any atom is -0.463 e. The second-order valence-corrected chi connectivity index (χ2v) is 27.2.